The molecule has 0 spiro atoms. The fourth-order valence-electron chi connectivity index (χ4n) is 1.68. The first-order valence-corrected chi connectivity index (χ1v) is 6.27. The van der Waals surface area contributed by atoms with E-state index >= 15 is 0 Å². The number of hydrogen-bond donors (Lipinski definition) is 0. The van der Waals surface area contributed by atoms with E-state index in [4.69, 9.17) is 9.47 Å². The molecule has 1 aromatic rings. The summed E-state index contributed by atoms with van der Waals surface area (Å²) in [6, 6.07) is 3.78. The summed E-state index contributed by atoms with van der Waals surface area (Å²) in [5, 5.41) is 0. The van der Waals surface area contributed by atoms with Gasteiger partial charge in [0.2, 0.25) is 0 Å². The van der Waals surface area contributed by atoms with Crippen LogP contribution in [-0.4, -0.2) is 39.6 Å². The van der Waals surface area contributed by atoms with Crippen molar-refractivity contribution in [3.8, 4) is 5.75 Å². The molecule has 0 radical (unpaired) electrons. The Hall–Kier alpha value is -1.76. The maximum absolute atomic E-state index is 12.5. The van der Waals surface area contributed by atoms with E-state index in [-0.39, 0.29) is 23.5 Å². The summed E-state index contributed by atoms with van der Waals surface area (Å²) in [5.74, 6) is -0.596. The quantitative estimate of drug-likeness (QED) is 0.574. The van der Waals surface area contributed by atoms with Crippen LogP contribution < -0.4 is 4.74 Å². The van der Waals surface area contributed by atoms with Crippen molar-refractivity contribution in [2.75, 3.05) is 27.4 Å². The molecule has 0 aliphatic heterocycles. The van der Waals surface area contributed by atoms with Crippen LogP contribution in [0.3, 0.4) is 0 Å². The number of halogens is 3. The number of methoxy groups -OCH3 is 2. The molecule has 0 N–H and O–H groups in total. The number of hydrogen-bond acceptors (Lipinski definition) is 4. The number of benzene rings is 1. The summed E-state index contributed by atoms with van der Waals surface area (Å²) in [6.07, 6.45) is -4.93. The van der Waals surface area contributed by atoms with Crippen LogP contribution in [-0.2, 0) is 15.9 Å². The molecule has 0 heterocycles. The molecular formula is C14H17F3O4. The van der Waals surface area contributed by atoms with Gasteiger partial charge in [0.15, 0.2) is 0 Å². The van der Waals surface area contributed by atoms with Crippen molar-refractivity contribution in [2.24, 2.45) is 0 Å². The number of rotatable bonds is 7. The fraction of sp³-hybridized carbons (Fsp3) is 0.500. The average Bonchev–Trinajstić information content (AvgIpc) is 2.42. The Balaban J connectivity index is 2.92. The van der Waals surface area contributed by atoms with E-state index < -0.39 is 18.6 Å². The average molecular weight is 306 g/mol. The van der Waals surface area contributed by atoms with Crippen molar-refractivity contribution in [3.05, 3.63) is 29.3 Å². The van der Waals surface area contributed by atoms with E-state index in [9.17, 15) is 18.0 Å². The highest BCUT2D eigenvalue weighted by molar-refractivity contribution is 5.89. The molecule has 0 unspecified atom stereocenters. The lowest BCUT2D eigenvalue weighted by molar-refractivity contribution is -0.127. The van der Waals surface area contributed by atoms with Crippen molar-refractivity contribution in [1.29, 1.82) is 0 Å². The highest BCUT2D eigenvalue weighted by Gasteiger charge is 2.29. The van der Waals surface area contributed by atoms with Crippen LogP contribution in [0.1, 0.15) is 22.3 Å². The van der Waals surface area contributed by atoms with Gasteiger partial charge in [0.1, 0.15) is 5.75 Å². The van der Waals surface area contributed by atoms with E-state index in [1.54, 1.807) is 0 Å². The second-order valence-corrected chi connectivity index (χ2v) is 4.30. The van der Waals surface area contributed by atoms with Crippen LogP contribution >= 0.6 is 0 Å². The fourth-order valence-corrected chi connectivity index (χ4v) is 1.68. The largest absolute Gasteiger partial charge is 0.493 e. The lowest BCUT2D eigenvalue weighted by Gasteiger charge is -2.14. The predicted molar refractivity (Wildman–Crippen MR) is 69.5 cm³/mol. The molecule has 4 nitrogen and oxygen atoms in total. The number of ether oxygens (including phenoxy) is 3. The molecule has 1 rings (SSSR count). The molecule has 21 heavy (non-hydrogen) atoms. The number of esters is 1. The lowest BCUT2D eigenvalue weighted by Crippen LogP contribution is -2.14. The van der Waals surface area contributed by atoms with Gasteiger partial charge in [0.05, 0.1) is 25.7 Å². The van der Waals surface area contributed by atoms with Crippen LogP contribution in [0.4, 0.5) is 13.2 Å². The molecule has 118 valence electrons. The van der Waals surface area contributed by atoms with Crippen molar-refractivity contribution < 1.29 is 32.2 Å². The normalized spacial score (nSPS) is 11.3. The third-order valence-electron chi connectivity index (χ3n) is 2.63. The highest BCUT2D eigenvalue weighted by Crippen LogP contribution is 2.29. The molecule has 0 aliphatic carbocycles. The summed E-state index contributed by atoms with van der Waals surface area (Å²) in [7, 11) is 2.72. The third kappa shape index (κ3) is 6.03. The third-order valence-corrected chi connectivity index (χ3v) is 2.63. The van der Waals surface area contributed by atoms with Crippen LogP contribution in [0.15, 0.2) is 18.2 Å². The van der Waals surface area contributed by atoms with Crippen LogP contribution in [0.25, 0.3) is 0 Å². The van der Waals surface area contributed by atoms with E-state index in [1.807, 2.05) is 0 Å². The van der Waals surface area contributed by atoms with Crippen molar-refractivity contribution in [3.63, 3.8) is 0 Å². The topological polar surface area (TPSA) is 44.8 Å². The summed E-state index contributed by atoms with van der Waals surface area (Å²) >= 11 is 0. The Bertz CT molecular complexity index is 472. The van der Waals surface area contributed by atoms with Gasteiger partial charge < -0.3 is 14.2 Å². The zero-order valence-electron chi connectivity index (χ0n) is 11.8. The van der Waals surface area contributed by atoms with Crippen molar-refractivity contribution in [1.82, 2.24) is 0 Å². The molecule has 0 aliphatic rings. The van der Waals surface area contributed by atoms with Gasteiger partial charge in [-0.15, -0.1) is 0 Å². The Morgan fingerprint density at radius 1 is 1.19 bits per heavy atom. The Morgan fingerprint density at radius 3 is 2.48 bits per heavy atom. The summed E-state index contributed by atoms with van der Waals surface area (Å²) in [6.45, 7) is 0.634. The summed E-state index contributed by atoms with van der Waals surface area (Å²) < 4.78 is 52.3. The lowest BCUT2D eigenvalue weighted by atomic mass is 10.1. The van der Waals surface area contributed by atoms with Gasteiger partial charge in [-0.3, -0.25) is 0 Å². The smallest absolute Gasteiger partial charge is 0.393 e. The molecule has 0 aromatic heterocycles. The SMILES string of the molecule is COCCCOc1cc(C(=O)OC)ccc1CC(F)(F)F. The van der Waals surface area contributed by atoms with Crippen molar-refractivity contribution >= 4 is 5.97 Å². The van der Waals surface area contributed by atoms with Crippen LogP contribution in [0.5, 0.6) is 5.75 Å². The maximum atomic E-state index is 12.5. The van der Waals surface area contributed by atoms with Gasteiger partial charge in [0, 0.05) is 25.7 Å². The minimum atomic E-state index is -4.35. The predicted octanol–water partition coefficient (Wildman–Crippen LogP) is 2.99. The minimum Gasteiger partial charge on any atom is -0.493 e. The van der Waals surface area contributed by atoms with Gasteiger partial charge in [0.25, 0.3) is 0 Å². The zero-order valence-corrected chi connectivity index (χ0v) is 11.8. The molecule has 0 bridgehead atoms. The van der Waals surface area contributed by atoms with Gasteiger partial charge in [-0.2, -0.15) is 13.2 Å². The Kier molecular flexibility index (Phi) is 6.48. The minimum absolute atomic E-state index is 0.0208. The zero-order chi connectivity index (χ0) is 15.9. The molecule has 1 aromatic carbocycles. The molecule has 0 amide bonds. The molecule has 0 atom stereocenters. The monoisotopic (exact) mass is 306 g/mol. The first kappa shape index (κ1) is 17.3. The van der Waals surface area contributed by atoms with E-state index in [2.05, 4.69) is 4.74 Å². The van der Waals surface area contributed by atoms with Crippen LogP contribution in [0.2, 0.25) is 0 Å². The molecule has 0 saturated heterocycles. The maximum Gasteiger partial charge on any atom is 0.393 e. The first-order chi connectivity index (χ1) is 9.87. The standard InChI is InChI=1S/C14H17F3O4/c1-19-6-3-7-21-12-8-10(13(18)20-2)4-5-11(12)9-14(15,16)17/h4-5,8H,3,6-7,9H2,1-2H3. The van der Waals surface area contributed by atoms with Crippen LogP contribution in [0, 0.1) is 0 Å². The van der Waals surface area contributed by atoms with Gasteiger partial charge in [-0.05, 0) is 12.1 Å². The highest BCUT2D eigenvalue weighted by atomic mass is 19.4. The second-order valence-electron chi connectivity index (χ2n) is 4.30. The summed E-state index contributed by atoms with van der Waals surface area (Å²) in [4.78, 5) is 11.4. The summed E-state index contributed by atoms with van der Waals surface area (Å²) in [5.41, 5.74) is 0.123. The molecule has 0 saturated carbocycles. The number of carbonyl (C=O) groups is 1. The Labute approximate surface area is 120 Å². The molecular weight excluding hydrogens is 289 g/mol. The van der Waals surface area contributed by atoms with Gasteiger partial charge in [-0.25, -0.2) is 4.79 Å². The van der Waals surface area contributed by atoms with Crippen molar-refractivity contribution in [2.45, 2.75) is 19.0 Å². The van der Waals surface area contributed by atoms with Gasteiger partial charge >= 0.3 is 12.1 Å². The second kappa shape index (κ2) is 7.87. The first-order valence-electron chi connectivity index (χ1n) is 6.27. The van der Waals surface area contributed by atoms with E-state index in [1.165, 1.54) is 32.4 Å². The Morgan fingerprint density at radius 2 is 1.90 bits per heavy atom. The number of alkyl halides is 3. The van der Waals surface area contributed by atoms with Gasteiger partial charge in [-0.1, -0.05) is 6.07 Å². The molecule has 7 heteroatoms. The van der Waals surface area contributed by atoms with E-state index in [0.717, 1.165) is 0 Å². The number of carbonyl (C=O) groups excluding carboxylic acids is 1. The molecule has 0 fully saturated rings. The van der Waals surface area contributed by atoms with E-state index in [0.29, 0.717) is 13.0 Å².